The zero-order valence-electron chi connectivity index (χ0n) is 12.8. The van der Waals surface area contributed by atoms with Gasteiger partial charge in [0.05, 0.1) is 12.1 Å². The van der Waals surface area contributed by atoms with Gasteiger partial charge < -0.3 is 4.74 Å². The zero-order valence-corrected chi connectivity index (χ0v) is 12.8. The molecule has 0 saturated heterocycles. The van der Waals surface area contributed by atoms with Crippen molar-refractivity contribution < 1.29 is 9.13 Å². The van der Waals surface area contributed by atoms with Crippen LogP contribution in [0, 0.1) is 5.82 Å². The Morgan fingerprint density at radius 1 is 1.17 bits per heavy atom. The molecule has 4 aromatic rings. The van der Waals surface area contributed by atoms with Crippen LogP contribution >= 0.6 is 0 Å². The fourth-order valence-corrected chi connectivity index (χ4v) is 2.46. The molecule has 2 aromatic heterocycles. The van der Waals surface area contributed by atoms with Crippen LogP contribution in [0.2, 0.25) is 0 Å². The number of benzene rings is 2. The molecule has 0 atom stereocenters. The summed E-state index contributed by atoms with van der Waals surface area (Å²) in [6.07, 6.45) is 3.01. The van der Waals surface area contributed by atoms with Crippen molar-refractivity contribution >= 4 is 11.0 Å². The van der Waals surface area contributed by atoms with Crippen LogP contribution in [0.3, 0.4) is 0 Å². The van der Waals surface area contributed by atoms with Gasteiger partial charge in [-0.1, -0.05) is 5.21 Å². The highest BCUT2D eigenvalue weighted by Gasteiger charge is 2.10. The van der Waals surface area contributed by atoms with Crippen LogP contribution in [0.4, 0.5) is 4.39 Å². The fourth-order valence-electron chi connectivity index (χ4n) is 2.46. The van der Waals surface area contributed by atoms with E-state index in [1.165, 1.54) is 18.5 Å². The van der Waals surface area contributed by atoms with E-state index < -0.39 is 0 Å². The fraction of sp³-hybridized carbons (Fsp3) is 0.125. The number of halogens is 1. The molecule has 0 N–H and O–H groups in total. The maximum atomic E-state index is 13.6. The van der Waals surface area contributed by atoms with Crippen molar-refractivity contribution in [2.24, 2.45) is 7.05 Å². The lowest BCUT2D eigenvalue weighted by Gasteiger charge is -2.11. The second kappa shape index (κ2) is 5.73. The molecule has 120 valence electrons. The van der Waals surface area contributed by atoms with Crippen molar-refractivity contribution in [3.8, 4) is 11.5 Å². The highest BCUT2D eigenvalue weighted by molar-refractivity contribution is 5.76. The molecule has 7 nitrogen and oxygen atoms in total. The Balaban J connectivity index is 1.68. The lowest BCUT2D eigenvalue weighted by atomic mass is 10.2. The summed E-state index contributed by atoms with van der Waals surface area (Å²) in [5.41, 5.74) is 2.31. The van der Waals surface area contributed by atoms with Gasteiger partial charge in [0.15, 0.2) is 0 Å². The van der Waals surface area contributed by atoms with E-state index in [-0.39, 0.29) is 5.82 Å². The summed E-state index contributed by atoms with van der Waals surface area (Å²) in [5, 5.41) is 12.0. The first kappa shape index (κ1) is 14.3. The molecule has 24 heavy (non-hydrogen) atoms. The van der Waals surface area contributed by atoms with Crippen molar-refractivity contribution in [3.05, 3.63) is 60.4 Å². The number of hydrogen-bond donors (Lipinski definition) is 0. The van der Waals surface area contributed by atoms with E-state index in [1.54, 1.807) is 27.8 Å². The summed E-state index contributed by atoms with van der Waals surface area (Å²) in [7, 11) is 1.81. The second-order valence-corrected chi connectivity index (χ2v) is 5.31. The van der Waals surface area contributed by atoms with E-state index in [1.807, 2.05) is 19.2 Å². The lowest BCUT2D eigenvalue weighted by Crippen LogP contribution is -2.02. The highest BCUT2D eigenvalue weighted by Crippen LogP contribution is 2.28. The smallest absolute Gasteiger partial charge is 0.137 e. The van der Waals surface area contributed by atoms with Crippen LogP contribution < -0.4 is 4.74 Å². The third kappa shape index (κ3) is 2.69. The molecule has 0 saturated carbocycles. The standard InChI is InChI=1S/C16H13FN6O/c1-22-15-7-13(3-4-14(15)20-21-22)24-16-5-2-12(17)6-11(16)8-23-10-18-9-19-23/h2-7,9-10H,8H2,1H3. The first-order chi connectivity index (χ1) is 11.7. The van der Waals surface area contributed by atoms with E-state index in [2.05, 4.69) is 20.4 Å². The van der Waals surface area contributed by atoms with Crippen molar-refractivity contribution in [3.63, 3.8) is 0 Å². The molecule has 2 heterocycles. The van der Waals surface area contributed by atoms with Gasteiger partial charge in [-0.2, -0.15) is 5.10 Å². The summed E-state index contributed by atoms with van der Waals surface area (Å²) in [4.78, 5) is 3.89. The van der Waals surface area contributed by atoms with Crippen LogP contribution in [-0.2, 0) is 13.6 Å². The van der Waals surface area contributed by atoms with Gasteiger partial charge in [-0.05, 0) is 30.3 Å². The predicted octanol–water partition coefficient (Wildman–Crippen LogP) is 2.54. The average molecular weight is 324 g/mol. The van der Waals surface area contributed by atoms with Gasteiger partial charge in [-0.15, -0.1) is 5.10 Å². The van der Waals surface area contributed by atoms with Crippen LogP contribution in [0.25, 0.3) is 11.0 Å². The normalized spacial score (nSPS) is 11.1. The molecular weight excluding hydrogens is 311 g/mol. The first-order valence-electron chi connectivity index (χ1n) is 7.27. The Hall–Kier alpha value is -3.29. The van der Waals surface area contributed by atoms with Crippen molar-refractivity contribution in [2.45, 2.75) is 6.54 Å². The van der Waals surface area contributed by atoms with E-state index >= 15 is 0 Å². The van der Waals surface area contributed by atoms with Gasteiger partial charge in [0.1, 0.15) is 35.5 Å². The quantitative estimate of drug-likeness (QED) is 0.577. The number of hydrogen-bond acceptors (Lipinski definition) is 5. The topological polar surface area (TPSA) is 70.7 Å². The molecule has 0 bridgehead atoms. The molecular formula is C16H13FN6O. The van der Waals surface area contributed by atoms with E-state index in [0.29, 0.717) is 23.6 Å². The average Bonchev–Trinajstić information content (AvgIpc) is 3.21. The van der Waals surface area contributed by atoms with Crippen LogP contribution in [-0.4, -0.2) is 29.8 Å². The third-order valence-corrected chi connectivity index (χ3v) is 3.63. The summed E-state index contributed by atoms with van der Waals surface area (Å²) < 4.78 is 22.8. The third-order valence-electron chi connectivity index (χ3n) is 3.63. The molecule has 8 heteroatoms. The molecule has 4 rings (SSSR count). The summed E-state index contributed by atoms with van der Waals surface area (Å²) >= 11 is 0. The van der Waals surface area contributed by atoms with Crippen LogP contribution in [0.1, 0.15) is 5.56 Å². The van der Waals surface area contributed by atoms with E-state index in [9.17, 15) is 4.39 Å². The maximum Gasteiger partial charge on any atom is 0.137 e. The minimum atomic E-state index is -0.330. The first-order valence-corrected chi connectivity index (χ1v) is 7.27. The zero-order chi connectivity index (χ0) is 16.5. The van der Waals surface area contributed by atoms with Crippen molar-refractivity contribution in [1.82, 2.24) is 29.8 Å². The van der Waals surface area contributed by atoms with Gasteiger partial charge in [0.25, 0.3) is 0 Å². The van der Waals surface area contributed by atoms with Gasteiger partial charge in [-0.25, -0.2) is 18.7 Å². The monoisotopic (exact) mass is 324 g/mol. The Labute approximate surface area is 136 Å². The molecule has 0 spiro atoms. The summed E-state index contributed by atoms with van der Waals surface area (Å²) in [6.45, 7) is 0.364. The maximum absolute atomic E-state index is 13.6. The van der Waals surface area contributed by atoms with Crippen LogP contribution in [0.5, 0.6) is 11.5 Å². The summed E-state index contributed by atoms with van der Waals surface area (Å²) in [6, 6.07) is 9.88. The number of ether oxygens (including phenoxy) is 1. The van der Waals surface area contributed by atoms with Crippen molar-refractivity contribution in [1.29, 1.82) is 0 Å². The van der Waals surface area contributed by atoms with E-state index in [0.717, 1.165) is 11.0 Å². The Bertz CT molecular complexity index is 995. The minimum absolute atomic E-state index is 0.330. The van der Waals surface area contributed by atoms with Crippen LogP contribution in [0.15, 0.2) is 49.1 Å². The Morgan fingerprint density at radius 3 is 2.92 bits per heavy atom. The van der Waals surface area contributed by atoms with Crippen molar-refractivity contribution in [2.75, 3.05) is 0 Å². The highest BCUT2D eigenvalue weighted by atomic mass is 19.1. The molecule has 2 aromatic carbocycles. The molecule has 0 fully saturated rings. The van der Waals surface area contributed by atoms with Gasteiger partial charge in [0.2, 0.25) is 0 Å². The van der Waals surface area contributed by atoms with Gasteiger partial charge in [0, 0.05) is 18.7 Å². The molecule has 0 radical (unpaired) electrons. The Morgan fingerprint density at radius 2 is 2.08 bits per heavy atom. The second-order valence-electron chi connectivity index (χ2n) is 5.31. The number of rotatable bonds is 4. The largest absolute Gasteiger partial charge is 0.457 e. The molecule has 0 aliphatic heterocycles. The van der Waals surface area contributed by atoms with E-state index in [4.69, 9.17) is 4.74 Å². The number of aromatic nitrogens is 6. The number of aryl methyl sites for hydroxylation is 1. The molecule has 0 aliphatic rings. The Kier molecular flexibility index (Phi) is 3.42. The molecule has 0 aliphatic carbocycles. The lowest BCUT2D eigenvalue weighted by molar-refractivity contribution is 0.469. The molecule has 0 unspecified atom stereocenters. The summed E-state index contributed by atoms with van der Waals surface area (Å²) in [5.74, 6) is 0.851. The predicted molar refractivity (Wildman–Crippen MR) is 84.1 cm³/mol. The number of fused-ring (bicyclic) bond motifs is 1. The molecule has 0 amide bonds. The number of nitrogens with zero attached hydrogens (tertiary/aromatic N) is 6. The van der Waals surface area contributed by atoms with Gasteiger partial charge in [-0.3, -0.25) is 0 Å². The minimum Gasteiger partial charge on any atom is -0.457 e. The van der Waals surface area contributed by atoms with Gasteiger partial charge >= 0.3 is 0 Å². The SMILES string of the molecule is Cn1nnc2ccc(Oc3ccc(F)cc3Cn3cncn3)cc21.